The molecule has 0 fully saturated rings. The minimum atomic E-state index is 0.885. The van der Waals surface area contributed by atoms with Crippen LogP contribution in [0.1, 0.15) is 0 Å². The predicted octanol–water partition coefficient (Wildman–Crippen LogP) is 13.5. The van der Waals surface area contributed by atoms with Gasteiger partial charge in [-0.05, 0) is 83.4 Å². The van der Waals surface area contributed by atoms with Crippen LogP contribution in [0.2, 0.25) is 0 Å². The van der Waals surface area contributed by atoms with Crippen molar-refractivity contribution >= 4 is 60.8 Å². The third-order valence-electron chi connectivity index (χ3n) is 9.98. The van der Waals surface area contributed by atoms with E-state index in [0.717, 1.165) is 55.8 Å². The van der Waals surface area contributed by atoms with Gasteiger partial charge in [0.1, 0.15) is 11.2 Å². The lowest BCUT2D eigenvalue weighted by atomic mass is 10.00. The molecule has 0 unspecified atom stereocenters. The zero-order chi connectivity index (χ0) is 33.7. The normalized spacial score (nSPS) is 11.5. The van der Waals surface area contributed by atoms with Crippen LogP contribution >= 0.6 is 0 Å². The standard InChI is InChI=1S/C48H32N2O/c1-3-13-33(14-4-1)34-23-25-36(26-24-34)49(37-27-29-38(30-28-37)50-45-20-10-7-17-40(45)41-18-8-11-21-46(41)50)39-31-43(35-15-5-2-6-16-35)48-44(32-39)42-19-9-12-22-47(42)51-48/h1-32H. The molecule has 0 spiro atoms. The molecule has 0 aliphatic rings. The zero-order valence-corrected chi connectivity index (χ0v) is 27.8. The highest BCUT2D eigenvalue weighted by molar-refractivity contribution is 6.12. The molecular weight excluding hydrogens is 621 g/mol. The van der Waals surface area contributed by atoms with Crippen molar-refractivity contribution < 1.29 is 4.42 Å². The van der Waals surface area contributed by atoms with Crippen molar-refractivity contribution in [2.75, 3.05) is 4.90 Å². The Bertz CT molecular complexity index is 2780. The van der Waals surface area contributed by atoms with Crippen LogP contribution < -0.4 is 4.90 Å². The fourth-order valence-corrected chi connectivity index (χ4v) is 7.61. The summed E-state index contributed by atoms with van der Waals surface area (Å²) in [5.41, 5.74) is 13.1. The summed E-state index contributed by atoms with van der Waals surface area (Å²) in [7, 11) is 0. The maximum Gasteiger partial charge on any atom is 0.143 e. The van der Waals surface area contributed by atoms with E-state index in [1.165, 1.54) is 32.9 Å². The number of hydrogen-bond donors (Lipinski definition) is 0. The summed E-state index contributed by atoms with van der Waals surface area (Å²) in [4.78, 5) is 2.36. The van der Waals surface area contributed by atoms with Crippen molar-refractivity contribution in [3.63, 3.8) is 0 Å². The molecule has 0 bridgehead atoms. The highest BCUT2D eigenvalue weighted by Gasteiger charge is 2.20. The van der Waals surface area contributed by atoms with E-state index in [9.17, 15) is 0 Å². The van der Waals surface area contributed by atoms with E-state index in [0.29, 0.717) is 0 Å². The number of aromatic nitrogens is 1. The highest BCUT2D eigenvalue weighted by Crippen LogP contribution is 2.44. The van der Waals surface area contributed by atoms with Crippen molar-refractivity contribution in [1.82, 2.24) is 4.57 Å². The fourth-order valence-electron chi connectivity index (χ4n) is 7.61. The first-order valence-electron chi connectivity index (χ1n) is 17.4. The molecule has 3 heteroatoms. The van der Waals surface area contributed by atoms with Gasteiger partial charge in [0.15, 0.2) is 0 Å². The van der Waals surface area contributed by atoms with Crippen molar-refractivity contribution in [1.29, 1.82) is 0 Å². The first kappa shape index (κ1) is 29.1. The maximum atomic E-state index is 6.55. The molecular formula is C48H32N2O. The second-order valence-electron chi connectivity index (χ2n) is 13.0. The van der Waals surface area contributed by atoms with Crippen LogP contribution in [-0.2, 0) is 0 Å². The second-order valence-corrected chi connectivity index (χ2v) is 13.0. The second kappa shape index (κ2) is 11.9. The SMILES string of the molecule is c1ccc(-c2ccc(N(c3ccc(-n4c5ccccc5c5ccccc54)cc3)c3cc(-c4ccccc4)c4oc5ccccc5c4c3)cc2)cc1. The molecule has 0 radical (unpaired) electrons. The number of anilines is 3. The molecule has 0 saturated heterocycles. The monoisotopic (exact) mass is 652 g/mol. The average Bonchev–Trinajstić information content (AvgIpc) is 3.75. The summed E-state index contributed by atoms with van der Waals surface area (Å²) in [5.74, 6) is 0. The van der Waals surface area contributed by atoms with E-state index in [-0.39, 0.29) is 0 Å². The smallest absolute Gasteiger partial charge is 0.143 e. The Morgan fingerprint density at radius 2 is 0.882 bits per heavy atom. The Labute approximate surface area is 295 Å². The van der Waals surface area contributed by atoms with Crippen LogP contribution in [0.3, 0.4) is 0 Å². The summed E-state index contributed by atoms with van der Waals surface area (Å²) < 4.78 is 8.92. The van der Waals surface area contributed by atoms with Gasteiger partial charge < -0.3 is 13.9 Å². The molecule has 240 valence electrons. The van der Waals surface area contributed by atoms with E-state index in [1.807, 2.05) is 6.07 Å². The van der Waals surface area contributed by atoms with Crippen molar-refractivity contribution in [3.8, 4) is 27.9 Å². The topological polar surface area (TPSA) is 21.3 Å². The van der Waals surface area contributed by atoms with Gasteiger partial charge in [-0.3, -0.25) is 0 Å². The average molecular weight is 653 g/mol. The molecule has 10 rings (SSSR count). The van der Waals surface area contributed by atoms with Gasteiger partial charge in [-0.15, -0.1) is 0 Å². The molecule has 8 aromatic carbocycles. The Kier molecular flexibility index (Phi) is 6.81. The van der Waals surface area contributed by atoms with Gasteiger partial charge in [-0.25, -0.2) is 0 Å². The van der Waals surface area contributed by atoms with E-state index in [2.05, 4.69) is 198 Å². The van der Waals surface area contributed by atoms with Crippen molar-refractivity contribution in [3.05, 3.63) is 194 Å². The summed E-state index contributed by atoms with van der Waals surface area (Å²) >= 11 is 0. The molecule has 0 atom stereocenters. The Balaban J connectivity index is 1.18. The molecule has 0 N–H and O–H groups in total. The molecule has 0 aliphatic heterocycles. The molecule has 0 saturated carbocycles. The minimum Gasteiger partial charge on any atom is -0.455 e. The van der Waals surface area contributed by atoms with Gasteiger partial charge in [-0.1, -0.05) is 127 Å². The minimum absolute atomic E-state index is 0.885. The molecule has 51 heavy (non-hydrogen) atoms. The zero-order valence-electron chi connectivity index (χ0n) is 27.8. The summed E-state index contributed by atoms with van der Waals surface area (Å²) in [6.07, 6.45) is 0. The van der Waals surface area contributed by atoms with Gasteiger partial charge in [0.25, 0.3) is 0 Å². The quantitative estimate of drug-likeness (QED) is 0.178. The van der Waals surface area contributed by atoms with Crippen LogP contribution in [0.4, 0.5) is 17.1 Å². The Morgan fingerprint density at radius 3 is 1.53 bits per heavy atom. The number of fused-ring (bicyclic) bond motifs is 6. The molecule has 3 nitrogen and oxygen atoms in total. The third kappa shape index (κ3) is 4.90. The van der Waals surface area contributed by atoms with Crippen LogP contribution in [0.5, 0.6) is 0 Å². The van der Waals surface area contributed by atoms with Crippen LogP contribution in [-0.4, -0.2) is 4.57 Å². The van der Waals surface area contributed by atoms with Crippen molar-refractivity contribution in [2.45, 2.75) is 0 Å². The molecule has 0 aliphatic carbocycles. The van der Waals surface area contributed by atoms with E-state index >= 15 is 0 Å². The fraction of sp³-hybridized carbons (Fsp3) is 0. The van der Waals surface area contributed by atoms with Crippen LogP contribution in [0.15, 0.2) is 199 Å². The van der Waals surface area contributed by atoms with Crippen LogP contribution in [0, 0.1) is 0 Å². The predicted molar refractivity (Wildman–Crippen MR) is 214 cm³/mol. The molecule has 2 aromatic heterocycles. The summed E-state index contributed by atoms with van der Waals surface area (Å²) in [6.45, 7) is 0. The Morgan fingerprint density at radius 1 is 0.373 bits per heavy atom. The lowest BCUT2D eigenvalue weighted by molar-refractivity contribution is 0.670. The summed E-state index contributed by atoms with van der Waals surface area (Å²) in [6, 6.07) is 69.1. The van der Waals surface area contributed by atoms with Gasteiger partial charge in [0, 0.05) is 49.9 Å². The number of nitrogens with zero attached hydrogens (tertiary/aromatic N) is 2. The van der Waals surface area contributed by atoms with Gasteiger partial charge in [0.05, 0.1) is 11.0 Å². The lowest BCUT2D eigenvalue weighted by Gasteiger charge is -2.27. The number of para-hydroxylation sites is 3. The number of benzene rings is 8. The van der Waals surface area contributed by atoms with Gasteiger partial charge in [0.2, 0.25) is 0 Å². The number of furan rings is 1. The molecule has 0 amide bonds. The number of rotatable bonds is 6. The molecule has 2 heterocycles. The van der Waals surface area contributed by atoms with Gasteiger partial charge in [-0.2, -0.15) is 0 Å². The van der Waals surface area contributed by atoms with E-state index < -0.39 is 0 Å². The maximum absolute atomic E-state index is 6.55. The molecule has 10 aromatic rings. The Hall–Kier alpha value is -6.84. The first-order valence-corrected chi connectivity index (χ1v) is 17.4. The van der Waals surface area contributed by atoms with Crippen molar-refractivity contribution in [2.24, 2.45) is 0 Å². The number of hydrogen-bond acceptors (Lipinski definition) is 2. The van der Waals surface area contributed by atoms with E-state index in [1.54, 1.807) is 0 Å². The third-order valence-corrected chi connectivity index (χ3v) is 9.98. The summed E-state index contributed by atoms with van der Waals surface area (Å²) in [5, 5.41) is 4.71. The van der Waals surface area contributed by atoms with E-state index in [4.69, 9.17) is 4.42 Å². The van der Waals surface area contributed by atoms with Crippen LogP contribution in [0.25, 0.3) is 71.7 Å². The van der Waals surface area contributed by atoms with Gasteiger partial charge >= 0.3 is 0 Å². The lowest BCUT2D eigenvalue weighted by Crippen LogP contribution is -2.10. The first-order chi connectivity index (χ1) is 25.3. The largest absolute Gasteiger partial charge is 0.455 e. The highest BCUT2D eigenvalue weighted by atomic mass is 16.3.